The summed E-state index contributed by atoms with van der Waals surface area (Å²) in [5, 5.41) is 12.5. The van der Waals surface area contributed by atoms with Crippen molar-refractivity contribution in [2.75, 3.05) is 0 Å². The van der Waals surface area contributed by atoms with E-state index in [-0.39, 0.29) is 6.42 Å². The van der Waals surface area contributed by atoms with Gasteiger partial charge in [0.25, 0.3) is 0 Å². The lowest BCUT2D eigenvalue weighted by Gasteiger charge is -2.01. The van der Waals surface area contributed by atoms with Gasteiger partial charge in [0.1, 0.15) is 0 Å². The average Bonchev–Trinajstić information content (AvgIpc) is 2.69. The third kappa shape index (κ3) is 2.47. The fourth-order valence-corrected chi connectivity index (χ4v) is 1.38. The topological polar surface area (TPSA) is 55.1 Å². The highest BCUT2D eigenvalue weighted by molar-refractivity contribution is 5.69. The van der Waals surface area contributed by atoms with Crippen LogP contribution in [0.4, 0.5) is 8.78 Å². The summed E-state index contributed by atoms with van der Waals surface area (Å²) < 4.78 is 27.0. The highest BCUT2D eigenvalue weighted by Gasteiger charge is 2.07. The van der Waals surface area contributed by atoms with Gasteiger partial charge in [-0.1, -0.05) is 0 Å². The SMILES string of the molecule is O=C(O)Cc1ccn(-c2ccc(F)c(F)c2)n1. The summed E-state index contributed by atoms with van der Waals surface area (Å²) in [7, 11) is 0. The minimum Gasteiger partial charge on any atom is -0.481 e. The van der Waals surface area contributed by atoms with E-state index in [0.717, 1.165) is 12.1 Å². The Bertz CT molecular complexity index is 566. The molecule has 0 amide bonds. The molecule has 1 N–H and O–H groups in total. The smallest absolute Gasteiger partial charge is 0.309 e. The van der Waals surface area contributed by atoms with Gasteiger partial charge in [0, 0.05) is 12.3 Å². The van der Waals surface area contributed by atoms with E-state index in [1.807, 2.05) is 0 Å². The molecule has 0 radical (unpaired) electrons. The number of hydrogen-bond acceptors (Lipinski definition) is 2. The van der Waals surface area contributed by atoms with Crippen molar-refractivity contribution < 1.29 is 18.7 Å². The van der Waals surface area contributed by atoms with Crippen LogP contribution in [0.3, 0.4) is 0 Å². The summed E-state index contributed by atoms with van der Waals surface area (Å²) in [4.78, 5) is 10.5. The Morgan fingerprint density at radius 2 is 2.06 bits per heavy atom. The zero-order chi connectivity index (χ0) is 12.4. The highest BCUT2D eigenvalue weighted by Crippen LogP contribution is 2.12. The van der Waals surface area contributed by atoms with Crippen molar-refractivity contribution >= 4 is 5.97 Å². The van der Waals surface area contributed by atoms with Crippen LogP contribution < -0.4 is 0 Å². The van der Waals surface area contributed by atoms with Crippen molar-refractivity contribution in [2.45, 2.75) is 6.42 Å². The molecule has 0 fully saturated rings. The van der Waals surface area contributed by atoms with Gasteiger partial charge in [-0.05, 0) is 18.2 Å². The maximum absolute atomic E-state index is 13.0. The summed E-state index contributed by atoms with van der Waals surface area (Å²) in [6, 6.07) is 4.85. The number of benzene rings is 1. The lowest BCUT2D eigenvalue weighted by Crippen LogP contribution is -2.02. The molecule has 0 aliphatic carbocycles. The second kappa shape index (κ2) is 4.32. The summed E-state index contributed by atoms with van der Waals surface area (Å²) in [5.74, 6) is -2.91. The lowest BCUT2D eigenvalue weighted by atomic mass is 10.3. The first-order valence-corrected chi connectivity index (χ1v) is 4.78. The third-order valence-corrected chi connectivity index (χ3v) is 2.14. The van der Waals surface area contributed by atoms with Crippen LogP contribution in [0.25, 0.3) is 5.69 Å². The number of hydrogen-bond donors (Lipinski definition) is 1. The molecule has 4 nitrogen and oxygen atoms in total. The normalized spacial score (nSPS) is 10.5. The van der Waals surface area contributed by atoms with E-state index >= 15 is 0 Å². The molecule has 0 saturated carbocycles. The van der Waals surface area contributed by atoms with Crippen LogP contribution in [-0.4, -0.2) is 20.9 Å². The van der Waals surface area contributed by atoms with Gasteiger partial charge in [0.2, 0.25) is 0 Å². The average molecular weight is 238 g/mol. The van der Waals surface area contributed by atoms with Gasteiger partial charge in [-0.15, -0.1) is 0 Å². The van der Waals surface area contributed by atoms with Crippen LogP contribution in [0.1, 0.15) is 5.69 Å². The predicted molar refractivity (Wildman–Crippen MR) is 54.8 cm³/mol. The van der Waals surface area contributed by atoms with Gasteiger partial charge in [0.15, 0.2) is 11.6 Å². The van der Waals surface area contributed by atoms with Crippen molar-refractivity contribution in [2.24, 2.45) is 0 Å². The number of carboxylic acid groups (broad SMARTS) is 1. The Hall–Kier alpha value is -2.24. The quantitative estimate of drug-likeness (QED) is 0.886. The van der Waals surface area contributed by atoms with E-state index in [1.54, 1.807) is 0 Å². The van der Waals surface area contributed by atoms with Gasteiger partial charge < -0.3 is 5.11 Å². The van der Waals surface area contributed by atoms with Crippen LogP contribution in [0, 0.1) is 11.6 Å². The summed E-state index contributed by atoms with van der Waals surface area (Å²) in [6.07, 6.45) is 1.28. The van der Waals surface area contributed by atoms with Crippen LogP contribution >= 0.6 is 0 Å². The summed E-state index contributed by atoms with van der Waals surface area (Å²) in [5.41, 5.74) is 0.683. The second-order valence-electron chi connectivity index (χ2n) is 3.42. The minimum absolute atomic E-state index is 0.212. The van der Waals surface area contributed by atoms with Gasteiger partial charge in [0.05, 0.1) is 17.8 Å². The van der Waals surface area contributed by atoms with E-state index in [4.69, 9.17) is 5.11 Å². The van der Waals surface area contributed by atoms with E-state index in [2.05, 4.69) is 5.10 Å². The fourth-order valence-electron chi connectivity index (χ4n) is 1.38. The molecule has 0 unspecified atom stereocenters. The highest BCUT2D eigenvalue weighted by atomic mass is 19.2. The molecule has 1 aromatic heterocycles. The van der Waals surface area contributed by atoms with E-state index in [1.165, 1.54) is 23.0 Å². The van der Waals surface area contributed by atoms with E-state index in [0.29, 0.717) is 11.4 Å². The second-order valence-corrected chi connectivity index (χ2v) is 3.42. The lowest BCUT2D eigenvalue weighted by molar-refractivity contribution is -0.136. The van der Waals surface area contributed by atoms with Gasteiger partial charge in [-0.25, -0.2) is 13.5 Å². The maximum atomic E-state index is 13.0. The van der Waals surface area contributed by atoms with Gasteiger partial charge >= 0.3 is 5.97 Å². The fraction of sp³-hybridized carbons (Fsp3) is 0.0909. The number of carboxylic acids is 1. The molecule has 0 bridgehead atoms. The van der Waals surface area contributed by atoms with Gasteiger partial charge in [-0.3, -0.25) is 4.79 Å². The van der Waals surface area contributed by atoms with Crippen molar-refractivity contribution in [3.8, 4) is 5.69 Å². The largest absolute Gasteiger partial charge is 0.481 e. The van der Waals surface area contributed by atoms with Gasteiger partial charge in [-0.2, -0.15) is 5.10 Å². The van der Waals surface area contributed by atoms with Crippen LogP contribution in [0.15, 0.2) is 30.5 Å². The van der Waals surface area contributed by atoms with Crippen molar-refractivity contribution in [3.63, 3.8) is 0 Å². The van der Waals surface area contributed by atoms with Crippen molar-refractivity contribution in [1.82, 2.24) is 9.78 Å². The molecule has 17 heavy (non-hydrogen) atoms. The molecular formula is C11H8F2N2O2. The first-order chi connectivity index (χ1) is 8.06. The van der Waals surface area contributed by atoms with Crippen LogP contribution in [0.5, 0.6) is 0 Å². The zero-order valence-corrected chi connectivity index (χ0v) is 8.60. The van der Waals surface area contributed by atoms with E-state index in [9.17, 15) is 13.6 Å². The minimum atomic E-state index is -1.000. The molecule has 0 aliphatic rings. The number of halogens is 2. The van der Waals surface area contributed by atoms with Crippen molar-refractivity contribution in [1.29, 1.82) is 0 Å². The monoisotopic (exact) mass is 238 g/mol. The van der Waals surface area contributed by atoms with Crippen LogP contribution in [0.2, 0.25) is 0 Å². The molecule has 2 aromatic rings. The van der Waals surface area contributed by atoms with Crippen molar-refractivity contribution in [3.05, 3.63) is 47.8 Å². The molecule has 0 spiro atoms. The molecule has 88 valence electrons. The summed E-state index contributed by atoms with van der Waals surface area (Å²) in [6.45, 7) is 0. The number of aromatic nitrogens is 2. The molecule has 6 heteroatoms. The Labute approximate surface area is 95.1 Å². The number of nitrogens with zero attached hydrogens (tertiary/aromatic N) is 2. The molecule has 2 rings (SSSR count). The Balaban J connectivity index is 2.30. The first kappa shape index (κ1) is 11.3. The third-order valence-electron chi connectivity index (χ3n) is 2.14. The predicted octanol–water partition coefficient (Wildman–Crippen LogP) is 1.78. The molecule has 1 aromatic carbocycles. The number of rotatable bonds is 3. The molecular weight excluding hydrogens is 230 g/mol. The number of aliphatic carboxylic acids is 1. The molecule has 0 atom stereocenters. The zero-order valence-electron chi connectivity index (χ0n) is 8.60. The Morgan fingerprint density at radius 1 is 1.29 bits per heavy atom. The maximum Gasteiger partial charge on any atom is 0.309 e. The first-order valence-electron chi connectivity index (χ1n) is 4.78. The number of carbonyl (C=O) groups is 1. The molecule has 0 saturated heterocycles. The van der Waals surface area contributed by atoms with E-state index < -0.39 is 17.6 Å². The standard InChI is InChI=1S/C11H8F2N2O2/c12-9-2-1-8(6-10(9)13)15-4-3-7(14-15)5-11(16)17/h1-4,6H,5H2,(H,16,17). The van der Waals surface area contributed by atoms with Crippen LogP contribution in [-0.2, 0) is 11.2 Å². The Morgan fingerprint density at radius 3 is 2.71 bits per heavy atom. The molecule has 1 heterocycles. The Kier molecular flexibility index (Phi) is 2.86. The molecule has 0 aliphatic heterocycles. The summed E-state index contributed by atoms with van der Waals surface area (Å²) >= 11 is 0.